The zero-order chi connectivity index (χ0) is 14.7. The van der Waals surface area contributed by atoms with E-state index in [9.17, 15) is 5.11 Å². The van der Waals surface area contributed by atoms with Gasteiger partial charge < -0.3 is 9.84 Å². The van der Waals surface area contributed by atoms with Gasteiger partial charge in [-0.05, 0) is 60.7 Å². The molecular weight excluding hydrogens is 248 g/mol. The number of aryl methyl sites for hydroxylation is 2. The topological polar surface area (TPSA) is 29.5 Å². The molecule has 104 valence electrons. The van der Waals surface area contributed by atoms with Gasteiger partial charge in [0.05, 0.1) is 7.11 Å². The van der Waals surface area contributed by atoms with E-state index in [-0.39, 0.29) is 5.75 Å². The summed E-state index contributed by atoms with van der Waals surface area (Å²) in [6.45, 7) is 6.39. The molecule has 0 aliphatic rings. The van der Waals surface area contributed by atoms with Crippen LogP contribution in [0.3, 0.4) is 0 Å². The van der Waals surface area contributed by atoms with E-state index < -0.39 is 0 Å². The Balaban J connectivity index is 2.27. The van der Waals surface area contributed by atoms with Crippen molar-refractivity contribution >= 4 is 12.2 Å². The molecule has 0 bridgehead atoms. The van der Waals surface area contributed by atoms with Crippen molar-refractivity contribution in [2.45, 2.75) is 20.8 Å². The highest BCUT2D eigenvalue weighted by Crippen LogP contribution is 2.27. The predicted molar refractivity (Wildman–Crippen MR) is 84.2 cm³/mol. The molecule has 2 aromatic rings. The van der Waals surface area contributed by atoms with Crippen LogP contribution in [0.25, 0.3) is 12.2 Å². The molecule has 0 saturated heterocycles. The second-order valence-corrected chi connectivity index (χ2v) is 5.04. The molecule has 0 saturated carbocycles. The van der Waals surface area contributed by atoms with Crippen molar-refractivity contribution < 1.29 is 9.84 Å². The Morgan fingerprint density at radius 2 is 1.50 bits per heavy atom. The first-order valence-electron chi connectivity index (χ1n) is 6.64. The van der Waals surface area contributed by atoms with Crippen LogP contribution in [0, 0.1) is 20.8 Å². The predicted octanol–water partition coefficient (Wildman–Crippen LogP) is 4.50. The van der Waals surface area contributed by atoms with Gasteiger partial charge in [-0.1, -0.05) is 30.4 Å². The summed E-state index contributed by atoms with van der Waals surface area (Å²) in [5.41, 5.74) is 6.04. The Kier molecular flexibility index (Phi) is 4.14. The highest BCUT2D eigenvalue weighted by molar-refractivity contribution is 5.71. The van der Waals surface area contributed by atoms with Crippen LogP contribution in [-0.4, -0.2) is 12.2 Å². The van der Waals surface area contributed by atoms with Crippen LogP contribution in [0.2, 0.25) is 0 Å². The molecule has 0 unspecified atom stereocenters. The molecule has 2 aromatic carbocycles. The number of phenolic OH excluding ortho intramolecular Hbond substituents is 1. The summed E-state index contributed by atoms with van der Waals surface area (Å²) in [5.74, 6) is 0.648. The van der Waals surface area contributed by atoms with Gasteiger partial charge in [0, 0.05) is 0 Å². The third-order valence-corrected chi connectivity index (χ3v) is 3.62. The zero-order valence-corrected chi connectivity index (χ0v) is 12.4. The maximum Gasteiger partial charge on any atom is 0.160 e. The van der Waals surface area contributed by atoms with Crippen LogP contribution in [0.15, 0.2) is 30.3 Å². The number of methoxy groups -OCH3 is 1. The van der Waals surface area contributed by atoms with Crippen LogP contribution in [0.4, 0.5) is 0 Å². The number of ether oxygens (including phenoxy) is 1. The molecular formula is C18H20O2. The van der Waals surface area contributed by atoms with Gasteiger partial charge in [0.15, 0.2) is 11.5 Å². The summed E-state index contributed by atoms with van der Waals surface area (Å²) in [6, 6.07) is 9.72. The molecule has 0 radical (unpaired) electrons. The van der Waals surface area contributed by atoms with Crippen molar-refractivity contribution in [2.75, 3.05) is 7.11 Å². The van der Waals surface area contributed by atoms with Crippen LogP contribution in [0.5, 0.6) is 11.5 Å². The van der Waals surface area contributed by atoms with Gasteiger partial charge in [-0.3, -0.25) is 0 Å². The van der Waals surface area contributed by atoms with E-state index in [4.69, 9.17) is 4.74 Å². The van der Waals surface area contributed by atoms with E-state index in [1.807, 2.05) is 12.1 Å². The number of aromatic hydroxyl groups is 1. The van der Waals surface area contributed by atoms with Gasteiger partial charge in [0.1, 0.15) is 0 Å². The summed E-state index contributed by atoms with van der Waals surface area (Å²) in [7, 11) is 1.54. The molecule has 2 rings (SSSR count). The van der Waals surface area contributed by atoms with Crippen molar-refractivity contribution in [3.05, 3.63) is 58.1 Å². The normalized spacial score (nSPS) is 11.0. The molecule has 0 heterocycles. The minimum Gasteiger partial charge on any atom is -0.504 e. The Hall–Kier alpha value is -2.22. The molecule has 0 aromatic heterocycles. The van der Waals surface area contributed by atoms with Gasteiger partial charge >= 0.3 is 0 Å². The average molecular weight is 268 g/mol. The summed E-state index contributed by atoms with van der Waals surface area (Å²) >= 11 is 0. The van der Waals surface area contributed by atoms with E-state index in [2.05, 4.69) is 39.0 Å². The Morgan fingerprint density at radius 1 is 0.900 bits per heavy atom. The third kappa shape index (κ3) is 3.02. The van der Waals surface area contributed by atoms with Crippen molar-refractivity contribution in [1.82, 2.24) is 0 Å². The monoisotopic (exact) mass is 268 g/mol. The first-order chi connectivity index (χ1) is 9.51. The van der Waals surface area contributed by atoms with Gasteiger partial charge in [0.2, 0.25) is 0 Å². The van der Waals surface area contributed by atoms with E-state index in [0.29, 0.717) is 5.75 Å². The molecule has 20 heavy (non-hydrogen) atoms. The Morgan fingerprint density at radius 3 is 2.05 bits per heavy atom. The minimum absolute atomic E-state index is 0.158. The Labute approximate surface area is 120 Å². The fraction of sp³-hybridized carbons (Fsp3) is 0.222. The fourth-order valence-electron chi connectivity index (χ4n) is 2.17. The highest BCUT2D eigenvalue weighted by Gasteiger charge is 2.01. The quantitative estimate of drug-likeness (QED) is 0.831. The molecule has 0 aliphatic heterocycles. The van der Waals surface area contributed by atoms with E-state index >= 15 is 0 Å². The van der Waals surface area contributed by atoms with Gasteiger partial charge in [-0.2, -0.15) is 0 Å². The maximum atomic E-state index is 9.75. The maximum absolute atomic E-state index is 9.75. The molecule has 2 nitrogen and oxygen atoms in total. The first-order valence-corrected chi connectivity index (χ1v) is 6.64. The molecule has 0 fully saturated rings. The van der Waals surface area contributed by atoms with Crippen molar-refractivity contribution in [3.8, 4) is 11.5 Å². The third-order valence-electron chi connectivity index (χ3n) is 3.62. The smallest absolute Gasteiger partial charge is 0.160 e. The lowest BCUT2D eigenvalue weighted by molar-refractivity contribution is 0.373. The largest absolute Gasteiger partial charge is 0.504 e. The van der Waals surface area contributed by atoms with Crippen molar-refractivity contribution in [1.29, 1.82) is 0 Å². The minimum atomic E-state index is 0.158. The lowest BCUT2D eigenvalue weighted by Crippen LogP contribution is -1.87. The van der Waals surface area contributed by atoms with E-state index in [1.54, 1.807) is 19.2 Å². The SMILES string of the molecule is COc1ccc(C=Cc2cc(C)c(C)c(C)c2)cc1O. The second kappa shape index (κ2) is 5.83. The number of rotatable bonds is 3. The highest BCUT2D eigenvalue weighted by atomic mass is 16.5. The number of hydrogen-bond donors (Lipinski definition) is 1. The van der Waals surface area contributed by atoms with E-state index in [1.165, 1.54) is 22.3 Å². The molecule has 0 amide bonds. The number of phenols is 1. The number of benzene rings is 2. The summed E-state index contributed by atoms with van der Waals surface area (Å²) in [5, 5.41) is 9.75. The van der Waals surface area contributed by atoms with Crippen molar-refractivity contribution in [2.24, 2.45) is 0 Å². The van der Waals surface area contributed by atoms with Gasteiger partial charge in [-0.25, -0.2) is 0 Å². The summed E-state index contributed by atoms with van der Waals surface area (Å²) in [6.07, 6.45) is 4.05. The zero-order valence-electron chi connectivity index (χ0n) is 12.4. The van der Waals surface area contributed by atoms with E-state index in [0.717, 1.165) is 5.56 Å². The fourth-order valence-corrected chi connectivity index (χ4v) is 2.17. The lowest BCUT2D eigenvalue weighted by atomic mass is 10.00. The molecule has 0 atom stereocenters. The molecule has 1 N–H and O–H groups in total. The van der Waals surface area contributed by atoms with Gasteiger partial charge in [0.25, 0.3) is 0 Å². The first kappa shape index (κ1) is 14.2. The second-order valence-electron chi connectivity index (χ2n) is 5.04. The summed E-state index contributed by atoms with van der Waals surface area (Å²) in [4.78, 5) is 0. The standard InChI is InChI=1S/C18H20O2/c1-12-9-16(10-13(2)14(12)3)6-5-15-7-8-18(20-4)17(19)11-15/h5-11,19H,1-4H3. The average Bonchev–Trinajstić information content (AvgIpc) is 2.42. The van der Waals surface area contributed by atoms with Crippen LogP contribution >= 0.6 is 0 Å². The van der Waals surface area contributed by atoms with Crippen molar-refractivity contribution in [3.63, 3.8) is 0 Å². The summed E-state index contributed by atoms with van der Waals surface area (Å²) < 4.78 is 5.03. The lowest BCUT2D eigenvalue weighted by Gasteiger charge is -2.06. The van der Waals surface area contributed by atoms with Crippen LogP contribution < -0.4 is 4.74 Å². The molecule has 0 spiro atoms. The van der Waals surface area contributed by atoms with Gasteiger partial charge in [-0.15, -0.1) is 0 Å². The molecule has 0 aliphatic carbocycles. The number of hydrogen-bond acceptors (Lipinski definition) is 2. The Bertz CT molecular complexity index is 631. The van der Waals surface area contributed by atoms with Crippen LogP contribution in [0.1, 0.15) is 27.8 Å². The van der Waals surface area contributed by atoms with Crippen LogP contribution in [-0.2, 0) is 0 Å². The molecule has 2 heteroatoms.